The van der Waals surface area contributed by atoms with Crippen LogP contribution in [0.3, 0.4) is 0 Å². The normalized spacial score (nSPS) is 29.7. The zero-order valence-corrected chi connectivity index (χ0v) is 17.7. The first-order valence-electron chi connectivity index (χ1n) is 11.0. The molecule has 3 heterocycles. The second-order valence-electron chi connectivity index (χ2n) is 8.79. The van der Waals surface area contributed by atoms with E-state index in [4.69, 9.17) is 5.10 Å². The Morgan fingerprint density at radius 2 is 1.70 bits per heavy atom. The van der Waals surface area contributed by atoms with Crippen LogP contribution in [0.5, 0.6) is 0 Å². The lowest BCUT2D eigenvalue weighted by Gasteiger charge is -2.44. The molecule has 6 rings (SSSR count). The largest absolute Gasteiger partial charge is 0.333 e. The average molecular weight is 435 g/mol. The summed E-state index contributed by atoms with van der Waals surface area (Å²) in [7, 11) is 0. The first-order valence-corrected chi connectivity index (χ1v) is 11.0. The van der Waals surface area contributed by atoms with Crippen molar-refractivity contribution < 1.29 is 4.92 Å². The molecule has 33 heavy (non-hydrogen) atoms. The zero-order chi connectivity index (χ0) is 22.6. The van der Waals surface area contributed by atoms with Gasteiger partial charge in [0, 0.05) is 11.3 Å². The number of benzene rings is 3. The molecule has 1 N–H and O–H groups in total. The monoisotopic (exact) mass is 435 g/mol. The Balaban J connectivity index is 1.67. The quantitative estimate of drug-likeness (QED) is 0.501. The second-order valence-corrected chi connectivity index (χ2v) is 8.79. The Hall–Kier alpha value is -4.02. The molecule has 0 spiro atoms. The van der Waals surface area contributed by atoms with Gasteiger partial charge >= 0.3 is 5.54 Å². The Morgan fingerprint density at radius 3 is 2.39 bits per heavy atom. The van der Waals surface area contributed by atoms with Crippen molar-refractivity contribution in [2.75, 3.05) is 0 Å². The molecule has 0 saturated carbocycles. The number of nitriles is 1. The molecule has 0 bridgehead atoms. The van der Waals surface area contributed by atoms with Crippen LogP contribution < -0.4 is 5.43 Å². The number of hydrogen-bond donors (Lipinski definition) is 1. The molecule has 5 atom stereocenters. The van der Waals surface area contributed by atoms with Crippen LogP contribution in [0.4, 0.5) is 0 Å². The summed E-state index contributed by atoms with van der Waals surface area (Å²) in [4.78, 5) is 14.7. The molecule has 0 radical (unpaired) electrons. The summed E-state index contributed by atoms with van der Waals surface area (Å²) in [6, 6.07) is 28.0. The minimum Gasteiger partial charge on any atom is -0.292 e. The molecule has 3 aromatic rings. The Bertz CT molecular complexity index is 1300. The molecule has 0 aliphatic carbocycles. The van der Waals surface area contributed by atoms with Crippen LogP contribution in [0.1, 0.15) is 34.2 Å². The van der Waals surface area contributed by atoms with Crippen LogP contribution in [0.25, 0.3) is 0 Å². The van der Waals surface area contributed by atoms with E-state index in [1.807, 2.05) is 84.9 Å². The molecule has 3 aliphatic rings. The summed E-state index contributed by atoms with van der Waals surface area (Å²) in [5.74, 6) is -0.696. The highest BCUT2D eigenvalue weighted by Gasteiger charge is 2.73. The van der Waals surface area contributed by atoms with E-state index in [2.05, 4.69) is 16.4 Å². The van der Waals surface area contributed by atoms with Gasteiger partial charge in [0.2, 0.25) is 0 Å². The van der Waals surface area contributed by atoms with Crippen LogP contribution in [-0.4, -0.2) is 33.3 Å². The van der Waals surface area contributed by atoms with Crippen molar-refractivity contribution in [3.05, 3.63) is 117 Å². The van der Waals surface area contributed by atoms with Gasteiger partial charge in [-0.15, -0.1) is 0 Å². The van der Waals surface area contributed by atoms with Gasteiger partial charge in [-0.05, 0) is 22.3 Å². The molecule has 7 nitrogen and oxygen atoms in total. The Kier molecular flexibility index (Phi) is 4.32. The maximum atomic E-state index is 12.9. The van der Waals surface area contributed by atoms with E-state index in [0.29, 0.717) is 6.42 Å². The molecule has 0 aromatic heterocycles. The highest BCUT2D eigenvalue weighted by atomic mass is 16.6. The third-order valence-corrected chi connectivity index (χ3v) is 7.27. The zero-order valence-electron chi connectivity index (χ0n) is 17.7. The van der Waals surface area contributed by atoms with Crippen molar-refractivity contribution in [3.63, 3.8) is 0 Å². The highest BCUT2D eigenvalue weighted by Crippen LogP contribution is 2.58. The van der Waals surface area contributed by atoms with Gasteiger partial charge in [-0.3, -0.25) is 20.4 Å². The van der Waals surface area contributed by atoms with Gasteiger partial charge in [-0.2, -0.15) is 10.4 Å². The van der Waals surface area contributed by atoms with Gasteiger partial charge in [0.1, 0.15) is 18.3 Å². The van der Waals surface area contributed by atoms with Crippen LogP contribution in [-0.2, 0) is 6.42 Å². The second kappa shape index (κ2) is 7.26. The summed E-state index contributed by atoms with van der Waals surface area (Å²) in [5.41, 5.74) is 5.66. The van der Waals surface area contributed by atoms with Crippen molar-refractivity contribution in [2.24, 2.45) is 5.10 Å². The molecular weight excluding hydrogens is 414 g/mol. The number of fused-ring (bicyclic) bond motifs is 2. The van der Waals surface area contributed by atoms with Crippen LogP contribution >= 0.6 is 0 Å². The molecular formula is C26H21N5O2. The van der Waals surface area contributed by atoms with Gasteiger partial charge in [-0.1, -0.05) is 84.9 Å². The van der Waals surface area contributed by atoms with Gasteiger partial charge < -0.3 is 0 Å². The lowest BCUT2D eigenvalue weighted by atomic mass is 9.72. The molecule has 3 aliphatic heterocycles. The van der Waals surface area contributed by atoms with Gasteiger partial charge in [0.15, 0.2) is 0 Å². The lowest BCUT2D eigenvalue weighted by Crippen LogP contribution is -2.58. The fourth-order valence-electron chi connectivity index (χ4n) is 5.99. The first kappa shape index (κ1) is 19.6. The van der Waals surface area contributed by atoms with Crippen LogP contribution in [0, 0.1) is 21.4 Å². The van der Waals surface area contributed by atoms with E-state index in [-0.39, 0.29) is 11.1 Å². The van der Waals surface area contributed by atoms with E-state index in [0.717, 1.165) is 28.0 Å². The molecule has 162 valence electrons. The predicted octanol–water partition coefficient (Wildman–Crippen LogP) is 3.62. The summed E-state index contributed by atoms with van der Waals surface area (Å²) in [6.45, 7) is 0. The molecule has 1 fully saturated rings. The van der Waals surface area contributed by atoms with Crippen LogP contribution in [0.15, 0.2) is 90.0 Å². The lowest BCUT2D eigenvalue weighted by molar-refractivity contribution is -0.560. The SMILES string of the molecule is N#CC1([N+](=O)[O-])C(c2ccccc2)C2C(c3ccccc3)=NNC3Cc4ccccc4C1N32. The van der Waals surface area contributed by atoms with E-state index >= 15 is 0 Å². The maximum absolute atomic E-state index is 12.9. The number of nitro groups is 1. The summed E-state index contributed by atoms with van der Waals surface area (Å²) in [6.07, 6.45) is 0.430. The minimum atomic E-state index is -1.87. The summed E-state index contributed by atoms with van der Waals surface area (Å²) >= 11 is 0. The van der Waals surface area contributed by atoms with Gasteiger partial charge in [0.05, 0.1) is 17.7 Å². The predicted molar refractivity (Wildman–Crippen MR) is 123 cm³/mol. The van der Waals surface area contributed by atoms with Crippen LogP contribution in [0.2, 0.25) is 0 Å². The number of hydrazone groups is 1. The van der Waals surface area contributed by atoms with E-state index in [9.17, 15) is 15.4 Å². The standard InChI is InChI=1S/C26H21N5O2/c27-16-26(31(32)33)22(17-9-3-1-4-10-17)24-23(18-11-5-2-6-12-18)29-28-21-15-19-13-7-8-14-20(19)25(26)30(21)24/h1-14,21-22,24-25,28H,15H2. The van der Waals surface area contributed by atoms with E-state index in [1.165, 1.54) is 0 Å². The third-order valence-electron chi connectivity index (χ3n) is 7.27. The number of hydrogen-bond acceptors (Lipinski definition) is 6. The molecule has 0 amide bonds. The number of nitrogens with zero attached hydrogens (tertiary/aromatic N) is 4. The van der Waals surface area contributed by atoms with E-state index in [1.54, 1.807) is 0 Å². The maximum Gasteiger partial charge on any atom is 0.333 e. The van der Waals surface area contributed by atoms with Crippen molar-refractivity contribution in [2.45, 2.75) is 36.1 Å². The van der Waals surface area contributed by atoms with Gasteiger partial charge in [0.25, 0.3) is 0 Å². The fourth-order valence-corrected chi connectivity index (χ4v) is 5.99. The fraction of sp³-hybridized carbons (Fsp3) is 0.231. The Labute approximate surface area is 191 Å². The van der Waals surface area contributed by atoms with Gasteiger partial charge in [-0.25, -0.2) is 0 Å². The smallest absolute Gasteiger partial charge is 0.292 e. The average Bonchev–Trinajstić information content (AvgIpc) is 3.19. The molecule has 5 unspecified atom stereocenters. The number of nitrogens with one attached hydrogen (secondary N) is 1. The van der Waals surface area contributed by atoms with Crippen molar-refractivity contribution in [1.29, 1.82) is 5.26 Å². The summed E-state index contributed by atoms with van der Waals surface area (Å²) < 4.78 is 0. The van der Waals surface area contributed by atoms with E-state index < -0.39 is 23.5 Å². The Morgan fingerprint density at radius 1 is 1.03 bits per heavy atom. The summed E-state index contributed by atoms with van der Waals surface area (Å²) in [5, 5.41) is 28.3. The van der Waals surface area contributed by atoms with Crippen molar-refractivity contribution in [1.82, 2.24) is 10.3 Å². The topological polar surface area (TPSA) is 94.6 Å². The highest BCUT2D eigenvalue weighted by molar-refractivity contribution is 6.06. The first-order chi connectivity index (χ1) is 16.2. The molecule has 1 saturated heterocycles. The minimum absolute atomic E-state index is 0.233. The van der Waals surface area contributed by atoms with Crippen molar-refractivity contribution >= 4 is 5.71 Å². The number of rotatable bonds is 3. The third kappa shape index (κ3) is 2.62. The molecule has 7 heteroatoms. The van der Waals surface area contributed by atoms with Crippen molar-refractivity contribution in [3.8, 4) is 6.07 Å². The molecule has 3 aromatic carbocycles.